The van der Waals surface area contributed by atoms with Gasteiger partial charge in [-0.3, -0.25) is 9.59 Å². The van der Waals surface area contributed by atoms with Crippen LogP contribution in [0.1, 0.15) is 33.2 Å². The molecule has 0 spiro atoms. The van der Waals surface area contributed by atoms with Crippen LogP contribution < -0.4 is 0 Å². The van der Waals surface area contributed by atoms with Crippen molar-refractivity contribution >= 4 is 17.8 Å². The number of ketones is 1. The first-order chi connectivity index (χ1) is 11.5. The lowest BCUT2D eigenvalue weighted by Crippen LogP contribution is -2.21. The summed E-state index contributed by atoms with van der Waals surface area (Å²) >= 11 is 0. The number of amides is 1. The Balaban J connectivity index is 2.27. The van der Waals surface area contributed by atoms with Gasteiger partial charge in [0, 0.05) is 25.2 Å². The molecule has 0 aliphatic heterocycles. The summed E-state index contributed by atoms with van der Waals surface area (Å²) < 4.78 is 5.51. The third-order valence-electron chi connectivity index (χ3n) is 3.42. The molecule has 24 heavy (non-hydrogen) atoms. The van der Waals surface area contributed by atoms with Gasteiger partial charge >= 0.3 is 0 Å². The molecular weight excluding hydrogens is 302 g/mol. The van der Waals surface area contributed by atoms with E-state index < -0.39 is 0 Å². The predicted octanol–water partition coefficient (Wildman–Crippen LogP) is 3.65. The maximum absolute atomic E-state index is 12.7. The highest BCUT2D eigenvalue weighted by Gasteiger charge is 2.15. The van der Waals surface area contributed by atoms with Gasteiger partial charge in [-0.25, -0.2) is 0 Å². The van der Waals surface area contributed by atoms with Crippen LogP contribution in [-0.2, 0) is 4.74 Å². The second-order valence-corrected chi connectivity index (χ2v) is 5.46. The molecular formula is C20H21NO3. The Morgan fingerprint density at radius 2 is 1.54 bits per heavy atom. The van der Waals surface area contributed by atoms with Crippen LogP contribution in [0.2, 0.25) is 0 Å². The molecule has 0 atom stereocenters. The molecule has 0 saturated heterocycles. The smallest absolute Gasteiger partial charge is 0.253 e. The van der Waals surface area contributed by atoms with Gasteiger partial charge in [0.2, 0.25) is 5.78 Å². The molecule has 2 rings (SSSR count). The minimum absolute atomic E-state index is 0.0983. The average molecular weight is 323 g/mol. The van der Waals surface area contributed by atoms with Crippen molar-refractivity contribution in [1.29, 1.82) is 0 Å². The largest absolute Gasteiger partial charge is 0.490 e. The maximum Gasteiger partial charge on any atom is 0.253 e. The molecule has 2 aromatic carbocycles. The van der Waals surface area contributed by atoms with E-state index in [4.69, 9.17) is 4.74 Å². The molecule has 0 bridgehead atoms. The van der Waals surface area contributed by atoms with Crippen LogP contribution in [0.3, 0.4) is 0 Å². The van der Waals surface area contributed by atoms with Crippen molar-refractivity contribution in [2.45, 2.75) is 6.92 Å². The van der Waals surface area contributed by atoms with Gasteiger partial charge in [-0.2, -0.15) is 0 Å². The van der Waals surface area contributed by atoms with Crippen LogP contribution >= 0.6 is 0 Å². The SMILES string of the molecule is CCOC(=Cc1ccccc1)C(=O)c1ccc(C(=O)N(C)C)cc1. The molecule has 0 N–H and O–H groups in total. The fourth-order valence-electron chi connectivity index (χ4n) is 2.19. The van der Waals surface area contributed by atoms with Crippen LogP contribution in [0.15, 0.2) is 60.4 Å². The lowest BCUT2D eigenvalue weighted by molar-refractivity contribution is 0.0826. The normalized spacial score (nSPS) is 11.0. The van der Waals surface area contributed by atoms with Crippen molar-refractivity contribution in [2.75, 3.05) is 20.7 Å². The Labute approximate surface area is 142 Å². The predicted molar refractivity (Wildman–Crippen MR) is 94.8 cm³/mol. The molecule has 0 fully saturated rings. The van der Waals surface area contributed by atoms with Crippen molar-refractivity contribution in [3.63, 3.8) is 0 Å². The van der Waals surface area contributed by atoms with E-state index >= 15 is 0 Å². The number of hydrogen-bond donors (Lipinski definition) is 0. The third-order valence-corrected chi connectivity index (χ3v) is 3.42. The van der Waals surface area contributed by atoms with Gasteiger partial charge in [-0.1, -0.05) is 42.5 Å². The van der Waals surface area contributed by atoms with Crippen molar-refractivity contribution in [2.24, 2.45) is 0 Å². The molecule has 0 saturated carbocycles. The molecule has 0 unspecified atom stereocenters. The maximum atomic E-state index is 12.7. The third kappa shape index (κ3) is 4.32. The first-order valence-corrected chi connectivity index (χ1v) is 7.79. The number of ether oxygens (including phenoxy) is 1. The first kappa shape index (κ1) is 17.5. The van der Waals surface area contributed by atoms with Crippen LogP contribution in [0.4, 0.5) is 0 Å². The molecule has 0 heterocycles. The van der Waals surface area contributed by atoms with Gasteiger partial charge in [0.05, 0.1) is 6.61 Å². The minimum atomic E-state index is -0.204. The van der Waals surface area contributed by atoms with Crippen molar-refractivity contribution in [1.82, 2.24) is 4.90 Å². The van der Waals surface area contributed by atoms with Crippen LogP contribution in [0.25, 0.3) is 6.08 Å². The Morgan fingerprint density at radius 1 is 0.958 bits per heavy atom. The minimum Gasteiger partial charge on any atom is -0.490 e. The summed E-state index contributed by atoms with van der Waals surface area (Å²) in [5.41, 5.74) is 1.93. The molecule has 1 amide bonds. The highest BCUT2D eigenvalue weighted by molar-refractivity contribution is 6.10. The van der Waals surface area contributed by atoms with E-state index in [0.717, 1.165) is 5.56 Å². The highest BCUT2D eigenvalue weighted by atomic mass is 16.5. The number of hydrogen-bond acceptors (Lipinski definition) is 3. The summed E-state index contributed by atoms with van der Waals surface area (Å²) in [7, 11) is 3.38. The molecule has 124 valence electrons. The lowest BCUT2D eigenvalue weighted by Gasteiger charge is -2.11. The van der Waals surface area contributed by atoms with E-state index in [1.165, 1.54) is 4.90 Å². The molecule has 0 radical (unpaired) electrons. The fourth-order valence-corrected chi connectivity index (χ4v) is 2.19. The van der Waals surface area contributed by atoms with E-state index in [1.807, 2.05) is 37.3 Å². The Hall–Kier alpha value is -2.88. The number of carbonyl (C=O) groups is 2. The van der Waals surface area contributed by atoms with Crippen molar-refractivity contribution in [3.8, 4) is 0 Å². The fraction of sp³-hybridized carbons (Fsp3) is 0.200. The molecule has 0 aliphatic carbocycles. The van der Waals surface area contributed by atoms with Gasteiger partial charge in [-0.05, 0) is 30.7 Å². The zero-order valence-corrected chi connectivity index (χ0v) is 14.2. The standard InChI is InChI=1S/C20H21NO3/c1-4-24-18(14-15-8-6-5-7-9-15)19(22)16-10-12-17(13-11-16)20(23)21(2)3/h5-14H,4H2,1-3H3. The zero-order chi connectivity index (χ0) is 17.5. The zero-order valence-electron chi connectivity index (χ0n) is 14.2. The second-order valence-electron chi connectivity index (χ2n) is 5.46. The van der Waals surface area contributed by atoms with E-state index in [2.05, 4.69) is 0 Å². The average Bonchev–Trinajstić information content (AvgIpc) is 2.61. The lowest BCUT2D eigenvalue weighted by atomic mass is 10.0. The Bertz CT molecular complexity index is 731. The number of benzene rings is 2. The van der Waals surface area contributed by atoms with E-state index in [0.29, 0.717) is 17.7 Å². The van der Waals surface area contributed by atoms with Crippen molar-refractivity contribution < 1.29 is 14.3 Å². The van der Waals surface area contributed by atoms with Crippen LogP contribution in [0.5, 0.6) is 0 Å². The molecule has 0 aromatic heterocycles. The van der Waals surface area contributed by atoms with Gasteiger partial charge in [-0.15, -0.1) is 0 Å². The Morgan fingerprint density at radius 3 is 2.08 bits per heavy atom. The monoisotopic (exact) mass is 323 g/mol. The van der Waals surface area contributed by atoms with Crippen LogP contribution in [-0.4, -0.2) is 37.3 Å². The van der Waals surface area contributed by atoms with E-state index in [1.54, 1.807) is 44.4 Å². The van der Waals surface area contributed by atoms with E-state index in [9.17, 15) is 9.59 Å². The van der Waals surface area contributed by atoms with Gasteiger partial charge < -0.3 is 9.64 Å². The summed E-state index contributed by atoms with van der Waals surface area (Å²) in [5.74, 6) is -0.0150. The molecule has 4 nitrogen and oxygen atoms in total. The van der Waals surface area contributed by atoms with Gasteiger partial charge in [0.1, 0.15) is 0 Å². The molecule has 0 aliphatic rings. The van der Waals surface area contributed by atoms with Crippen LogP contribution in [0, 0.1) is 0 Å². The first-order valence-electron chi connectivity index (χ1n) is 7.79. The number of carbonyl (C=O) groups excluding carboxylic acids is 2. The number of allylic oxidation sites excluding steroid dienone is 1. The summed E-state index contributed by atoms with van der Waals surface area (Å²) in [6, 6.07) is 16.1. The summed E-state index contributed by atoms with van der Waals surface area (Å²) in [4.78, 5) is 26.1. The number of Topliss-reactive ketones (excluding diaryl/α,β-unsaturated/α-hetero) is 1. The number of rotatable bonds is 6. The molecule has 2 aromatic rings. The van der Waals surface area contributed by atoms with E-state index in [-0.39, 0.29) is 17.4 Å². The Kier molecular flexibility index (Phi) is 5.90. The number of nitrogens with zero attached hydrogens (tertiary/aromatic N) is 1. The summed E-state index contributed by atoms with van der Waals surface area (Å²) in [5, 5.41) is 0. The summed E-state index contributed by atoms with van der Waals surface area (Å²) in [6.45, 7) is 2.24. The summed E-state index contributed by atoms with van der Waals surface area (Å²) in [6.07, 6.45) is 1.73. The second kappa shape index (κ2) is 8.11. The quantitative estimate of drug-likeness (QED) is 0.463. The molecule has 4 heteroatoms. The van der Waals surface area contributed by atoms with Crippen molar-refractivity contribution in [3.05, 3.63) is 77.0 Å². The van der Waals surface area contributed by atoms with Gasteiger partial charge in [0.15, 0.2) is 5.76 Å². The van der Waals surface area contributed by atoms with Gasteiger partial charge in [0.25, 0.3) is 5.91 Å². The topological polar surface area (TPSA) is 46.6 Å². The highest BCUT2D eigenvalue weighted by Crippen LogP contribution is 2.15.